The van der Waals surface area contributed by atoms with Crippen molar-refractivity contribution in [3.05, 3.63) is 30.6 Å². The minimum Gasteiger partial charge on any atom is -0.446 e. The number of carbonyl (C=O) groups excluding carboxylic acids is 2. The number of hydrogen-bond donors (Lipinski definition) is 0. The van der Waals surface area contributed by atoms with Gasteiger partial charge in [-0.25, -0.2) is 13.2 Å². The molecule has 11 heteroatoms. The number of benzene rings is 1. The van der Waals surface area contributed by atoms with E-state index in [9.17, 15) is 18.0 Å². The van der Waals surface area contributed by atoms with Crippen LogP contribution in [-0.2, 0) is 24.1 Å². The number of ether oxygens (including phenoxy) is 2. The van der Waals surface area contributed by atoms with E-state index in [2.05, 4.69) is 5.10 Å². The van der Waals surface area contributed by atoms with Gasteiger partial charge in [-0.1, -0.05) is 6.07 Å². The maximum Gasteiger partial charge on any atom is 0.414 e. The van der Waals surface area contributed by atoms with Gasteiger partial charge in [0.15, 0.2) is 0 Å². The highest BCUT2D eigenvalue weighted by Crippen LogP contribution is 2.39. The Labute approximate surface area is 211 Å². The van der Waals surface area contributed by atoms with E-state index < -0.39 is 15.9 Å². The number of carbonyl (C=O) groups is 2. The summed E-state index contributed by atoms with van der Waals surface area (Å²) < 4.78 is 36.6. The molecule has 2 amide bonds. The number of hydrogen-bond acceptors (Lipinski definition) is 7. The van der Waals surface area contributed by atoms with Gasteiger partial charge in [-0.2, -0.15) is 5.10 Å². The van der Waals surface area contributed by atoms with Gasteiger partial charge in [0.25, 0.3) is 0 Å². The van der Waals surface area contributed by atoms with Crippen molar-refractivity contribution in [1.82, 2.24) is 9.78 Å². The third-order valence-corrected chi connectivity index (χ3v) is 8.96. The Morgan fingerprint density at radius 1 is 1.06 bits per heavy atom. The van der Waals surface area contributed by atoms with Crippen LogP contribution in [-0.4, -0.2) is 73.6 Å². The number of rotatable bonds is 3. The van der Waals surface area contributed by atoms with Crippen molar-refractivity contribution < 1.29 is 27.5 Å². The second-order valence-corrected chi connectivity index (χ2v) is 12.1. The van der Waals surface area contributed by atoms with E-state index >= 15 is 0 Å². The molecule has 36 heavy (non-hydrogen) atoms. The molecular formula is C25H32N4O6S. The molecule has 0 unspecified atom stereocenters. The first-order chi connectivity index (χ1) is 17.2. The van der Waals surface area contributed by atoms with E-state index in [1.165, 1.54) is 6.92 Å². The van der Waals surface area contributed by atoms with Gasteiger partial charge in [-0.15, -0.1) is 0 Å². The van der Waals surface area contributed by atoms with Crippen molar-refractivity contribution >= 4 is 33.2 Å². The number of fused-ring (bicyclic) bond motifs is 1. The lowest BCUT2D eigenvalue weighted by molar-refractivity contribution is -0.117. The van der Waals surface area contributed by atoms with Gasteiger partial charge >= 0.3 is 6.09 Å². The lowest BCUT2D eigenvalue weighted by atomic mass is 10.0. The quantitative estimate of drug-likeness (QED) is 0.616. The molecular weight excluding hydrogens is 484 g/mol. The van der Waals surface area contributed by atoms with E-state index in [4.69, 9.17) is 9.47 Å². The largest absolute Gasteiger partial charge is 0.446 e. The third kappa shape index (κ3) is 4.99. The number of nitrogens with zero attached hydrogens (tertiary/aromatic N) is 4. The Morgan fingerprint density at radius 2 is 1.78 bits per heavy atom. The summed E-state index contributed by atoms with van der Waals surface area (Å²) >= 11 is 0. The molecule has 2 aromatic rings. The number of sulfone groups is 1. The second kappa shape index (κ2) is 9.85. The topological polar surface area (TPSA) is 111 Å². The van der Waals surface area contributed by atoms with Crippen LogP contribution < -0.4 is 9.80 Å². The molecule has 2 saturated heterocycles. The van der Waals surface area contributed by atoms with Crippen molar-refractivity contribution in [2.24, 2.45) is 0 Å². The number of amides is 2. The molecule has 2 fully saturated rings. The Bertz CT molecular complexity index is 1240. The zero-order valence-electron chi connectivity index (χ0n) is 20.6. The van der Waals surface area contributed by atoms with Crippen LogP contribution in [0.1, 0.15) is 45.6 Å². The molecule has 1 aromatic carbocycles. The van der Waals surface area contributed by atoms with Crippen LogP contribution in [0.5, 0.6) is 0 Å². The Hall–Kier alpha value is -2.92. The fourth-order valence-corrected chi connectivity index (χ4v) is 6.75. The van der Waals surface area contributed by atoms with Gasteiger partial charge in [-0.3, -0.25) is 14.4 Å². The maximum absolute atomic E-state index is 13.3. The SMILES string of the molecule is CC(=O)N1c2ccc(-c3cnn(C4CCS(=O)(=O)CC4)c3)cc2N(C(=O)OC2CCOCC2)C[C@@H]1C. The van der Waals surface area contributed by atoms with Crippen LogP contribution in [0.25, 0.3) is 11.1 Å². The summed E-state index contributed by atoms with van der Waals surface area (Å²) in [6.45, 7) is 4.92. The van der Waals surface area contributed by atoms with Gasteiger partial charge in [0, 0.05) is 38.1 Å². The summed E-state index contributed by atoms with van der Waals surface area (Å²) in [5.41, 5.74) is 3.00. The van der Waals surface area contributed by atoms with Crippen molar-refractivity contribution in [2.75, 3.05) is 41.1 Å². The zero-order chi connectivity index (χ0) is 25.4. The van der Waals surface area contributed by atoms with Crippen LogP contribution in [0.4, 0.5) is 16.2 Å². The predicted molar refractivity (Wildman–Crippen MR) is 135 cm³/mol. The van der Waals surface area contributed by atoms with Crippen molar-refractivity contribution in [3.63, 3.8) is 0 Å². The average Bonchev–Trinajstić information content (AvgIpc) is 3.34. The van der Waals surface area contributed by atoms with Crippen LogP contribution in [0, 0.1) is 0 Å². The molecule has 3 aliphatic heterocycles. The molecule has 0 aliphatic carbocycles. The van der Waals surface area contributed by atoms with Crippen LogP contribution >= 0.6 is 0 Å². The minimum atomic E-state index is -2.95. The molecule has 0 saturated carbocycles. The van der Waals surface area contributed by atoms with Crippen molar-refractivity contribution in [1.29, 1.82) is 0 Å². The van der Waals surface area contributed by atoms with E-state index in [0.717, 1.165) is 11.1 Å². The molecule has 0 bridgehead atoms. The standard InChI is InChI=1S/C25H32N4O6S/c1-17-15-27(25(31)35-22-5-9-34-10-6-22)24-13-19(3-4-23(24)29(17)18(2)30)20-14-26-28(16-20)21-7-11-36(32,33)12-8-21/h3-4,13-14,16-17,21-22H,5-12,15H2,1-2H3/t17-/m0/s1. The highest BCUT2D eigenvalue weighted by atomic mass is 32.2. The highest BCUT2D eigenvalue weighted by molar-refractivity contribution is 7.91. The Kier molecular flexibility index (Phi) is 6.78. The van der Waals surface area contributed by atoms with Gasteiger partial charge in [0.05, 0.1) is 54.4 Å². The molecule has 0 radical (unpaired) electrons. The van der Waals surface area contributed by atoms with Crippen molar-refractivity contribution in [2.45, 2.75) is 57.7 Å². The van der Waals surface area contributed by atoms with E-state index in [1.807, 2.05) is 36.0 Å². The first-order valence-corrected chi connectivity index (χ1v) is 14.3. The summed E-state index contributed by atoms with van der Waals surface area (Å²) in [5.74, 6) is 0.262. The van der Waals surface area contributed by atoms with Crippen molar-refractivity contribution in [3.8, 4) is 11.1 Å². The van der Waals surface area contributed by atoms with Gasteiger partial charge in [0.2, 0.25) is 5.91 Å². The summed E-state index contributed by atoms with van der Waals surface area (Å²) in [4.78, 5) is 29.1. The Balaban J connectivity index is 1.43. The molecule has 5 rings (SSSR count). The summed E-state index contributed by atoms with van der Waals surface area (Å²) in [5, 5.41) is 4.50. The monoisotopic (exact) mass is 516 g/mol. The molecule has 4 heterocycles. The van der Waals surface area contributed by atoms with E-state index in [-0.39, 0.29) is 35.6 Å². The molecule has 0 N–H and O–H groups in total. The predicted octanol–water partition coefficient (Wildman–Crippen LogP) is 3.18. The summed E-state index contributed by atoms with van der Waals surface area (Å²) in [7, 11) is -2.95. The van der Waals surface area contributed by atoms with Gasteiger partial charge in [0.1, 0.15) is 15.9 Å². The molecule has 1 atom stereocenters. The fourth-order valence-electron chi connectivity index (χ4n) is 5.29. The summed E-state index contributed by atoms with van der Waals surface area (Å²) in [6.07, 6.45) is 5.50. The Morgan fingerprint density at radius 3 is 2.47 bits per heavy atom. The van der Waals surface area contributed by atoms with E-state index in [1.54, 1.807) is 16.0 Å². The zero-order valence-corrected chi connectivity index (χ0v) is 21.4. The number of anilines is 2. The first-order valence-electron chi connectivity index (χ1n) is 12.5. The molecule has 3 aliphatic rings. The van der Waals surface area contributed by atoms with Crippen LogP contribution in [0.3, 0.4) is 0 Å². The minimum absolute atomic E-state index is 0.0416. The number of aromatic nitrogens is 2. The lowest BCUT2D eigenvalue weighted by Gasteiger charge is -2.41. The smallest absolute Gasteiger partial charge is 0.414 e. The third-order valence-electron chi connectivity index (χ3n) is 7.24. The van der Waals surface area contributed by atoms with Gasteiger partial charge < -0.3 is 14.4 Å². The van der Waals surface area contributed by atoms with Crippen LogP contribution in [0.15, 0.2) is 30.6 Å². The van der Waals surface area contributed by atoms with E-state index in [0.29, 0.717) is 56.8 Å². The average molecular weight is 517 g/mol. The molecule has 0 spiro atoms. The molecule has 10 nitrogen and oxygen atoms in total. The first kappa shape index (κ1) is 24.8. The highest BCUT2D eigenvalue weighted by Gasteiger charge is 2.36. The second-order valence-electron chi connectivity index (χ2n) is 9.84. The maximum atomic E-state index is 13.3. The fraction of sp³-hybridized carbons (Fsp3) is 0.560. The normalized spacial score (nSPS) is 22.8. The molecule has 194 valence electrons. The van der Waals surface area contributed by atoms with Crippen LogP contribution in [0.2, 0.25) is 0 Å². The summed E-state index contributed by atoms with van der Waals surface area (Å²) in [6, 6.07) is 5.52. The lowest BCUT2D eigenvalue weighted by Crippen LogP contribution is -2.52. The molecule has 1 aromatic heterocycles. The van der Waals surface area contributed by atoms with Gasteiger partial charge in [-0.05, 0) is 37.5 Å².